The van der Waals surface area contributed by atoms with E-state index in [2.05, 4.69) is 25.9 Å². The summed E-state index contributed by atoms with van der Waals surface area (Å²) < 4.78 is 1.42. The molecule has 1 fully saturated rings. The van der Waals surface area contributed by atoms with Crippen LogP contribution >= 0.6 is 11.3 Å². The highest BCUT2D eigenvalue weighted by Gasteiger charge is 2.39. The van der Waals surface area contributed by atoms with Crippen LogP contribution in [0.3, 0.4) is 0 Å². The molecule has 2 aromatic heterocycles. The molecule has 168 valence electrons. The normalized spacial score (nSPS) is 17.8. The average Bonchev–Trinajstić information content (AvgIpc) is 3.48. The van der Waals surface area contributed by atoms with Gasteiger partial charge in [0.05, 0.1) is 11.2 Å². The van der Waals surface area contributed by atoms with E-state index in [1.165, 1.54) is 20.9 Å². The first-order valence-electron chi connectivity index (χ1n) is 10.3. The van der Waals surface area contributed by atoms with Gasteiger partial charge in [-0.2, -0.15) is 0 Å². The summed E-state index contributed by atoms with van der Waals surface area (Å²) in [6, 6.07) is 4.34. The van der Waals surface area contributed by atoms with Crippen LogP contribution in [0.1, 0.15) is 33.8 Å². The Morgan fingerprint density at radius 3 is 2.88 bits per heavy atom. The fourth-order valence-electron chi connectivity index (χ4n) is 4.01. The number of benzene rings is 1. The molecule has 2 N–H and O–H groups in total. The van der Waals surface area contributed by atoms with Gasteiger partial charge in [-0.1, -0.05) is 11.3 Å². The van der Waals surface area contributed by atoms with Gasteiger partial charge in [-0.05, 0) is 25.5 Å². The maximum atomic E-state index is 12.9. The molecule has 1 saturated heterocycles. The van der Waals surface area contributed by atoms with Gasteiger partial charge in [-0.15, -0.1) is 16.4 Å². The number of thiazole rings is 1. The Bertz CT molecular complexity index is 1300. The third kappa shape index (κ3) is 4.00. The number of imide groups is 1. The molecule has 2 aliphatic heterocycles. The van der Waals surface area contributed by atoms with Gasteiger partial charge in [0.25, 0.3) is 5.91 Å². The summed E-state index contributed by atoms with van der Waals surface area (Å²) in [4.78, 5) is 55.1. The SMILES string of the molecule is Cc1nc(-c2cn(CC(=O)Nc3cccc4c3CN(C3CCC(=O)NC3=O)C4=O)nn2)cs1. The van der Waals surface area contributed by atoms with E-state index in [-0.39, 0.29) is 43.7 Å². The molecule has 4 amide bonds. The second kappa shape index (κ2) is 8.20. The van der Waals surface area contributed by atoms with Gasteiger partial charge >= 0.3 is 0 Å². The molecule has 1 aromatic carbocycles. The zero-order valence-corrected chi connectivity index (χ0v) is 18.4. The van der Waals surface area contributed by atoms with Crippen molar-refractivity contribution in [3.8, 4) is 11.4 Å². The number of rotatable bonds is 5. The number of aromatic nitrogens is 4. The van der Waals surface area contributed by atoms with E-state index in [9.17, 15) is 19.2 Å². The van der Waals surface area contributed by atoms with Crippen LogP contribution < -0.4 is 10.6 Å². The molecule has 0 bridgehead atoms. The van der Waals surface area contributed by atoms with Crippen LogP contribution in [0.4, 0.5) is 5.69 Å². The quantitative estimate of drug-likeness (QED) is 0.538. The lowest BCUT2D eigenvalue weighted by atomic mass is 10.0. The van der Waals surface area contributed by atoms with E-state index < -0.39 is 11.9 Å². The van der Waals surface area contributed by atoms with Gasteiger partial charge in [-0.25, -0.2) is 9.67 Å². The Kier molecular flexibility index (Phi) is 5.21. The fraction of sp³-hybridized carbons (Fsp3) is 0.286. The van der Waals surface area contributed by atoms with Gasteiger partial charge in [0.2, 0.25) is 17.7 Å². The molecule has 2 aliphatic rings. The lowest BCUT2D eigenvalue weighted by Gasteiger charge is -2.29. The van der Waals surface area contributed by atoms with E-state index in [1.54, 1.807) is 24.4 Å². The van der Waals surface area contributed by atoms with Crippen molar-refractivity contribution in [1.29, 1.82) is 0 Å². The largest absolute Gasteiger partial charge is 0.324 e. The second-order valence-electron chi connectivity index (χ2n) is 7.83. The van der Waals surface area contributed by atoms with E-state index >= 15 is 0 Å². The predicted octanol–water partition coefficient (Wildman–Crippen LogP) is 1.11. The molecule has 3 aromatic rings. The molecule has 0 spiro atoms. The molecule has 4 heterocycles. The molecule has 1 unspecified atom stereocenters. The number of carbonyl (C=O) groups is 4. The molecular weight excluding hydrogens is 446 g/mol. The molecule has 0 saturated carbocycles. The highest BCUT2D eigenvalue weighted by molar-refractivity contribution is 7.09. The van der Waals surface area contributed by atoms with Crippen LogP contribution in [0, 0.1) is 6.92 Å². The average molecular weight is 465 g/mol. The molecule has 12 heteroatoms. The Labute approximate surface area is 191 Å². The van der Waals surface area contributed by atoms with Crippen molar-refractivity contribution in [3.05, 3.63) is 45.9 Å². The van der Waals surface area contributed by atoms with Crippen LogP contribution in [0.5, 0.6) is 0 Å². The highest BCUT2D eigenvalue weighted by atomic mass is 32.1. The Morgan fingerprint density at radius 2 is 2.12 bits per heavy atom. The number of anilines is 1. The van der Waals surface area contributed by atoms with Crippen molar-refractivity contribution in [2.75, 3.05) is 5.32 Å². The summed E-state index contributed by atoms with van der Waals surface area (Å²) >= 11 is 1.51. The lowest BCUT2D eigenvalue weighted by Crippen LogP contribution is -2.52. The summed E-state index contributed by atoms with van der Waals surface area (Å²) in [5.74, 6) is -1.44. The zero-order valence-electron chi connectivity index (χ0n) is 17.6. The van der Waals surface area contributed by atoms with Crippen molar-refractivity contribution < 1.29 is 19.2 Å². The number of hydrogen-bond acceptors (Lipinski definition) is 8. The molecule has 33 heavy (non-hydrogen) atoms. The number of carbonyl (C=O) groups excluding carboxylic acids is 4. The second-order valence-corrected chi connectivity index (χ2v) is 8.90. The first kappa shape index (κ1) is 20.9. The molecule has 0 radical (unpaired) electrons. The number of amides is 4. The number of hydrogen-bond donors (Lipinski definition) is 2. The maximum absolute atomic E-state index is 12.9. The minimum absolute atomic E-state index is 0.0649. The van der Waals surface area contributed by atoms with Crippen LogP contribution in [0.2, 0.25) is 0 Å². The van der Waals surface area contributed by atoms with Gasteiger partial charge in [0.15, 0.2) is 0 Å². The summed E-state index contributed by atoms with van der Waals surface area (Å²) in [6.07, 6.45) is 2.11. The summed E-state index contributed by atoms with van der Waals surface area (Å²) in [6.45, 7) is 2.01. The van der Waals surface area contributed by atoms with Crippen LogP contribution in [-0.4, -0.2) is 54.5 Å². The van der Waals surface area contributed by atoms with Crippen molar-refractivity contribution in [2.45, 2.75) is 38.9 Å². The number of nitrogens with zero attached hydrogens (tertiary/aromatic N) is 5. The molecule has 1 atom stereocenters. The van der Waals surface area contributed by atoms with Gasteiger partial charge in [0, 0.05) is 35.2 Å². The Balaban J connectivity index is 1.29. The fourth-order valence-corrected chi connectivity index (χ4v) is 4.62. The summed E-state index contributed by atoms with van der Waals surface area (Å²) in [7, 11) is 0. The topological polar surface area (TPSA) is 139 Å². The third-order valence-electron chi connectivity index (χ3n) is 5.58. The number of nitrogens with one attached hydrogen (secondary N) is 2. The van der Waals surface area contributed by atoms with Crippen LogP contribution in [-0.2, 0) is 27.5 Å². The van der Waals surface area contributed by atoms with E-state index in [1.807, 2.05) is 12.3 Å². The number of piperidine rings is 1. The minimum atomic E-state index is -0.714. The lowest BCUT2D eigenvalue weighted by molar-refractivity contribution is -0.137. The van der Waals surface area contributed by atoms with Crippen molar-refractivity contribution >= 4 is 40.7 Å². The first-order valence-corrected chi connectivity index (χ1v) is 11.2. The Morgan fingerprint density at radius 1 is 1.27 bits per heavy atom. The summed E-state index contributed by atoms with van der Waals surface area (Å²) in [5, 5.41) is 16.0. The smallest absolute Gasteiger partial charge is 0.255 e. The minimum Gasteiger partial charge on any atom is -0.324 e. The van der Waals surface area contributed by atoms with Crippen molar-refractivity contribution in [3.63, 3.8) is 0 Å². The molecule has 11 nitrogen and oxygen atoms in total. The molecule has 5 rings (SSSR count). The van der Waals surface area contributed by atoms with Gasteiger partial charge < -0.3 is 10.2 Å². The first-order chi connectivity index (χ1) is 15.9. The van der Waals surface area contributed by atoms with Gasteiger partial charge in [-0.3, -0.25) is 24.5 Å². The van der Waals surface area contributed by atoms with Gasteiger partial charge in [0.1, 0.15) is 24.0 Å². The van der Waals surface area contributed by atoms with E-state index in [0.717, 1.165) is 5.01 Å². The highest BCUT2D eigenvalue weighted by Crippen LogP contribution is 2.32. The number of fused-ring (bicyclic) bond motifs is 1. The molecule has 0 aliphatic carbocycles. The number of aryl methyl sites for hydroxylation is 1. The zero-order chi connectivity index (χ0) is 23.1. The van der Waals surface area contributed by atoms with Crippen LogP contribution in [0.25, 0.3) is 11.4 Å². The van der Waals surface area contributed by atoms with E-state index in [0.29, 0.717) is 28.2 Å². The molecular formula is C21H19N7O4S. The maximum Gasteiger partial charge on any atom is 0.255 e. The third-order valence-corrected chi connectivity index (χ3v) is 6.36. The van der Waals surface area contributed by atoms with Crippen molar-refractivity contribution in [1.82, 2.24) is 30.2 Å². The Hall–Kier alpha value is -3.93. The van der Waals surface area contributed by atoms with E-state index in [4.69, 9.17) is 0 Å². The summed E-state index contributed by atoms with van der Waals surface area (Å²) in [5.41, 5.74) is 2.85. The van der Waals surface area contributed by atoms with Crippen molar-refractivity contribution in [2.24, 2.45) is 0 Å². The van der Waals surface area contributed by atoms with Crippen LogP contribution in [0.15, 0.2) is 29.8 Å². The monoisotopic (exact) mass is 465 g/mol. The standard InChI is InChI=1S/C21H19N7O4S/c1-11-22-16(10-33-11)15-8-27(26-25-15)9-19(30)23-14-4-2-3-12-13(14)7-28(21(12)32)17-5-6-18(29)24-20(17)31/h2-4,8,10,17H,5-7,9H2,1H3,(H,23,30)(H,24,29,31). The predicted molar refractivity (Wildman–Crippen MR) is 117 cm³/mol.